The molecule has 0 radical (unpaired) electrons. The molecule has 1 amide bonds. The Morgan fingerprint density at radius 3 is 2.81 bits per heavy atom. The van der Waals surface area contributed by atoms with E-state index in [1.54, 1.807) is 6.20 Å². The normalized spacial score (nSPS) is 16.9. The van der Waals surface area contributed by atoms with Gasteiger partial charge in [-0.05, 0) is 49.6 Å². The van der Waals surface area contributed by atoms with Crippen molar-refractivity contribution in [3.05, 3.63) is 46.2 Å². The fraction of sp³-hybridized carbons (Fsp3) is 0.385. The summed E-state index contributed by atoms with van der Waals surface area (Å²) in [6.45, 7) is 6.59. The van der Waals surface area contributed by atoms with Crippen molar-refractivity contribution >= 4 is 55.5 Å². The molecule has 0 saturated carbocycles. The minimum Gasteiger partial charge on any atom is -0.420 e. The van der Waals surface area contributed by atoms with Crippen LogP contribution in [0.25, 0.3) is 21.0 Å². The second-order valence-electron chi connectivity index (χ2n) is 9.15. The summed E-state index contributed by atoms with van der Waals surface area (Å²) in [5.41, 5.74) is 2.50. The molecule has 2 N–H and O–H groups in total. The molecular weight excluding hydrogens is 512 g/mol. The monoisotopic (exact) mass is 538 g/mol. The Morgan fingerprint density at radius 2 is 1.97 bits per heavy atom. The van der Waals surface area contributed by atoms with Gasteiger partial charge in [-0.1, -0.05) is 0 Å². The molecule has 0 unspecified atom stereocenters. The first-order chi connectivity index (χ1) is 18.1. The highest BCUT2D eigenvalue weighted by Crippen LogP contribution is 2.41. The van der Waals surface area contributed by atoms with Gasteiger partial charge >= 0.3 is 0 Å². The van der Waals surface area contributed by atoms with Crippen molar-refractivity contribution in [2.24, 2.45) is 0 Å². The van der Waals surface area contributed by atoms with Gasteiger partial charge in [-0.25, -0.2) is 9.97 Å². The molecule has 0 aliphatic carbocycles. The molecule has 192 valence electrons. The Morgan fingerprint density at radius 1 is 1.14 bits per heavy atom. The summed E-state index contributed by atoms with van der Waals surface area (Å²) in [5, 5.41) is 8.44. The van der Waals surface area contributed by atoms with Crippen LogP contribution in [0.2, 0.25) is 5.28 Å². The van der Waals surface area contributed by atoms with E-state index in [0.717, 1.165) is 64.8 Å². The van der Waals surface area contributed by atoms with Crippen LogP contribution in [-0.4, -0.2) is 64.6 Å². The maximum absolute atomic E-state index is 12.5. The molecule has 37 heavy (non-hydrogen) atoms. The van der Waals surface area contributed by atoms with E-state index in [1.165, 1.54) is 11.3 Å². The molecule has 9 nitrogen and oxygen atoms in total. The first-order valence-corrected chi connectivity index (χ1v) is 13.7. The zero-order valence-corrected chi connectivity index (χ0v) is 22.0. The minimum atomic E-state index is -0.0439. The lowest BCUT2D eigenvalue weighted by atomic mass is 10.1. The summed E-state index contributed by atoms with van der Waals surface area (Å²) in [6, 6.07) is 7.77. The van der Waals surface area contributed by atoms with Crippen molar-refractivity contribution in [2.75, 3.05) is 38.1 Å². The van der Waals surface area contributed by atoms with Gasteiger partial charge in [0.25, 0.3) is 5.91 Å². The van der Waals surface area contributed by atoms with Crippen LogP contribution >= 0.6 is 22.9 Å². The van der Waals surface area contributed by atoms with Crippen molar-refractivity contribution in [1.82, 2.24) is 25.2 Å². The summed E-state index contributed by atoms with van der Waals surface area (Å²) in [6.07, 6.45) is 4.06. The number of pyridine rings is 1. The summed E-state index contributed by atoms with van der Waals surface area (Å²) >= 11 is 7.62. The second kappa shape index (κ2) is 10.4. The molecule has 1 saturated heterocycles. The number of carbonyl (C=O) groups is 1. The number of fused-ring (bicyclic) bond motifs is 5. The number of benzene rings is 1. The van der Waals surface area contributed by atoms with E-state index in [2.05, 4.69) is 25.5 Å². The van der Waals surface area contributed by atoms with Gasteiger partial charge in [0.05, 0.1) is 17.3 Å². The van der Waals surface area contributed by atoms with Crippen LogP contribution < -0.4 is 15.4 Å². The van der Waals surface area contributed by atoms with Gasteiger partial charge in [-0.15, -0.1) is 11.3 Å². The smallest absolute Gasteiger partial charge is 0.263 e. The van der Waals surface area contributed by atoms with E-state index in [9.17, 15) is 4.79 Å². The van der Waals surface area contributed by atoms with Crippen LogP contribution in [0, 0.1) is 0 Å². The zero-order chi connectivity index (χ0) is 25.4. The SMILES string of the molecule is CCOC1CCN(Cc2cnc(Cl)nc2Oc2ccc3c(ccc4sc5c(c43)NCCNC5=O)n2)CC1. The number of carbonyl (C=O) groups excluding carboxylic acids is 1. The fourth-order valence-corrected chi connectivity index (χ4v) is 6.23. The lowest BCUT2D eigenvalue weighted by Gasteiger charge is -2.31. The minimum absolute atomic E-state index is 0.0439. The van der Waals surface area contributed by atoms with Crippen LogP contribution in [0.4, 0.5) is 5.69 Å². The molecule has 1 aromatic carbocycles. The third-order valence-corrected chi connectivity index (χ3v) is 8.08. The number of hydrogen-bond donors (Lipinski definition) is 2. The van der Waals surface area contributed by atoms with Crippen LogP contribution in [0.1, 0.15) is 35.0 Å². The molecule has 0 spiro atoms. The van der Waals surface area contributed by atoms with Crippen molar-refractivity contribution in [2.45, 2.75) is 32.4 Å². The standard InChI is InChI=1S/C26H27ClN6O3S/c1-2-35-16-7-11-33(12-8-16)14-15-13-30-26(27)32-25(15)36-20-6-3-17-18(31-20)4-5-19-21(17)22-23(37-19)24(34)29-10-9-28-22/h3-6,13,16,28H,2,7-12,14H2,1H3,(H,29,34). The van der Waals surface area contributed by atoms with Crippen molar-refractivity contribution < 1.29 is 14.3 Å². The summed E-state index contributed by atoms with van der Waals surface area (Å²) < 4.78 is 13.0. The van der Waals surface area contributed by atoms with Gasteiger partial charge in [0.1, 0.15) is 4.88 Å². The number of aromatic nitrogens is 3. The molecule has 4 aromatic rings. The molecule has 2 aliphatic heterocycles. The average Bonchev–Trinajstić information content (AvgIpc) is 3.19. The van der Waals surface area contributed by atoms with Gasteiger partial charge in [0.2, 0.25) is 17.0 Å². The van der Waals surface area contributed by atoms with E-state index in [1.807, 2.05) is 31.2 Å². The van der Waals surface area contributed by atoms with Crippen LogP contribution in [-0.2, 0) is 11.3 Å². The molecule has 0 bridgehead atoms. The number of ether oxygens (including phenoxy) is 2. The van der Waals surface area contributed by atoms with Crippen molar-refractivity contribution in [3.8, 4) is 11.8 Å². The van der Waals surface area contributed by atoms with Crippen molar-refractivity contribution in [1.29, 1.82) is 0 Å². The van der Waals surface area contributed by atoms with E-state index in [-0.39, 0.29) is 11.2 Å². The summed E-state index contributed by atoms with van der Waals surface area (Å²) in [5.74, 6) is 0.782. The number of piperidine rings is 1. The number of hydrogen-bond acceptors (Lipinski definition) is 9. The third kappa shape index (κ3) is 4.94. The Labute approximate surface area is 223 Å². The fourth-order valence-electron chi connectivity index (χ4n) is 4.99. The molecule has 1 fully saturated rings. The van der Waals surface area contributed by atoms with Gasteiger partial charge < -0.3 is 20.1 Å². The Hall–Kier alpha value is -3.05. The van der Waals surface area contributed by atoms with E-state index < -0.39 is 0 Å². The first-order valence-electron chi connectivity index (χ1n) is 12.5. The number of anilines is 1. The highest BCUT2D eigenvalue weighted by Gasteiger charge is 2.24. The Kier molecular flexibility index (Phi) is 6.81. The van der Waals surface area contributed by atoms with Gasteiger partial charge in [0, 0.05) is 72.6 Å². The van der Waals surface area contributed by atoms with E-state index in [4.69, 9.17) is 26.1 Å². The Balaban J connectivity index is 1.28. The Bertz CT molecular complexity index is 1470. The molecule has 2 aliphatic rings. The first kappa shape index (κ1) is 24.3. The molecule has 3 aromatic heterocycles. The predicted octanol–water partition coefficient (Wildman–Crippen LogP) is 4.84. The number of likely N-dealkylation sites (tertiary alicyclic amines) is 1. The summed E-state index contributed by atoms with van der Waals surface area (Å²) in [4.78, 5) is 28.9. The topological polar surface area (TPSA) is 102 Å². The molecular formula is C26H27ClN6O3S. The molecule has 6 rings (SSSR count). The number of thiophene rings is 1. The van der Waals surface area contributed by atoms with Gasteiger partial charge in [-0.3, -0.25) is 9.69 Å². The van der Waals surface area contributed by atoms with E-state index in [0.29, 0.717) is 42.4 Å². The second-order valence-corrected chi connectivity index (χ2v) is 10.5. The number of nitrogens with zero attached hydrogens (tertiary/aromatic N) is 4. The van der Waals surface area contributed by atoms with Crippen molar-refractivity contribution in [3.63, 3.8) is 0 Å². The quantitative estimate of drug-likeness (QED) is 0.336. The molecule has 5 heterocycles. The molecule has 0 atom stereocenters. The zero-order valence-electron chi connectivity index (χ0n) is 20.4. The maximum Gasteiger partial charge on any atom is 0.263 e. The average molecular weight is 539 g/mol. The number of rotatable bonds is 6. The maximum atomic E-state index is 12.5. The highest BCUT2D eigenvalue weighted by atomic mass is 35.5. The number of halogens is 1. The number of amides is 1. The lowest BCUT2D eigenvalue weighted by molar-refractivity contribution is 0.0124. The van der Waals surface area contributed by atoms with E-state index >= 15 is 0 Å². The predicted molar refractivity (Wildman–Crippen MR) is 145 cm³/mol. The van der Waals surface area contributed by atoms with Crippen LogP contribution in [0.5, 0.6) is 11.8 Å². The van der Waals surface area contributed by atoms with Gasteiger partial charge in [-0.2, -0.15) is 4.98 Å². The van der Waals surface area contributed by atoms with Gasteiger partial charge in [0.15, 0.2) is 0 Å². The highest BCUT2D eigenvalue weighted by molar-refractivity contribution is 7.21. The van der Waals surface area contributed by atoms with Crippen LogP contribution in [0.3, 0.4) is 0 Å². The third-order valence-electron chi connectivity index (χ3n) is 6.74. The largest absolute Gasteiger partial charge is 0.420 e. The number of nitrogens with one attached hydrogen (secondary N) is 2. The molecule has 11 heteroatoms. The van der Waals surface area contributed by atoms with Crippen LogP contribution in [0.15, 0.2) is 30.5 Å². The summed E-state index contributed by atoms with van der Waals surface area (Å²) in [7, 11) is 0. The lowest BCUT2D eigenvalue weighted by Crippen LogP contribution is -2.36.